The zero-order valence-electron chi connectivity index (χ0n) is 20.4. The minimum atomic E-state index is 0. The molecule has 0 radical (unpaired) electrons. The second-order valence-corrected chi connectivity index (χ2v) is 8.96. The highest BCUT2D eigenvalue weighted by Gasteiger charge is 2.33. The Morgan fingerprint density at radius 3 is 2.42 bits per heavy atom. The number of nitrogens with one attached hydrogen (secondary N) is 2. The summed E-state index contributed by atoms with van der Waals surface area (Å²) in [4.78, 5) is 21.4. The Morgan fingerprint density at radius 2 is 1.79 bits per heavy atom. The van der Waals surface area contributed by atoms with Crippen LogP contribution in [0, 0.1) is 5.41 Å². The molecular weight excluding hydrogens is 529 g/mol. The van der Waals surface area contributed by atoms with Crippen LogP contribution >= 0.6 is 24.0 Å². The normalized spacial score (nSPS) is 18.1. The third kappa shape index (κ3) is 8.63. The predicted molar refractivity (Wildman–Crippen MR) is 147 cm³/mol. The van der Waals surface area contributed by atoms with Crippen LogP contribution in [0.2, 0.25) is 0 Å². The van der Waals surface area contributed by atoms with Gasteiger partial charge in [-0.25, -0.2) is 0 Å². The van der Waals surface area contributed by atoms with Gasteiger partial charge in [0, 0.05) is 71.6 Å². The monoisotopic (exact) mass is 571 g/mol. The van der Waals surface area contributed by atoms with E-state index < -0.39 is 0 Å². The van der Waals surface area contributed by atoms with Gasteiger partial charge >= 0.3 is 0 Å². The van der Waals surface area contributed by atoms with Crippen molar-refractivity contribution in [3.05, 3.63) is 30.3 Å². The SMILES string of the molecule is CCOCCC1(CNC(=NC)NCCC(=O)N2CCN(c3ccccc3)CC2)CCCC1.I. The molecule has 33 heavy (non-hydrogen) atoms. The van der Waals surface area contributed by atoms with Gasteiger partial charge in [-0.2, -0.15) is 0 Å². The van der Waals surface area contributed by atoms with E-state index >= 15 is 0 Å². The van der Waals surface area contributed by atoms with Crippen molar-refractivity contribution in [3.63, 3.8) is 0 Å². The number of hydrogen-bond donors (Lipinski definition) is 2. The molecule has 8 heteroatoms. The van der Waals surface area contributed by atoms with E-state index in [9.17, 15) is 4.79 Å². The maximum atomic E-state index is 12.7. The van der Waals surface area contributed by atoms with E-state index in [1.807, 2.05) is 11.0 Å². The van der Waals surface area contributed by atoms with Gasteiger partial charge in [0.2, 0.25) is 5.91 Å². The largest absolute Gasteiger partial charge is 0.382 e. The van der Waals surface area contributed by atoms with Gasteiger partial charge in [-0.1, -0.05) is 31.0 Å². The zero-order valence-corrected chi connectivity index (χ0v) is 22.7. The smallest absolute Gasteiger partial charge is 0.224 e. The van der Waals surface area contributed by atoms with Gasteiger partial charge in [0.05, 0.1) is 0 Å². The zero-order chi connectivity index (χ0) is 22.7. The van der Waals surface area contributed by atoms with E-state index in [1.165, 1.54) is 31.4 Å². The Balaban J connectivity index is 0.00000385. The Bertz CT molecular complexity index is 717. The quantitative estimate of drug-likeness (QED) is 0.195. The molecular formula is C25H42IN5O2. The molecule has 2 aliphatic rings. The van der Waals surface area contributed by atoms with Crippen molar-refractivity contribution in [2.45, 2.75) is 45.4 Å². The van der Waals surface area contributed by atoms with Gasteiger partial charge in [-0.05, 0) is 43.7 Å². The molecule has 1 saturated heterocycles. The van der Waals surface area contributed by atoms with Crippen LogP contribution in [0.5, 0.6) is 0 Å². The van der Waals surface area contributed by atoms with Crippen molar-refractivity contribution < 1.29 is 9.53 Å². The van der Waals surface area contributed by atoms with Crippen molar-refractivity contribution in [1.82, 2.24) is 15.5 Å². The van der Waals surface area contributed by atoms with Crippen molar-refractivity contribution in [3.8, 4) is 0 Å². The first kappa shape index (κ1) is 27.7. The Morgan fingerprint density at radius 1 is 1.09 bits per heavy atom. The number of carbonyl (C=O) groups excluding carboxylic acids is 1. The summed E-state index contributed by atoms with van der Waals surface area (Å²) >= 11 is 0. The van der Waals surface area contributed by atoms with Gasteiger partial charge < -0.3 is 25.2 Å². The van der Waals surface area contributed by atoms with Gasteiger partial charge in [-0.15, -0.1) is 24.0 Å². The number of aliphatic imine (C=N–C) groups is 1. The first-order valence-corrected chi connectivity index (χ1v) is 12.3. The lowest BCUT2D eigenvalue weighted by molar-refractivity contribution is -0.131. The van der Waals surface area contributed by atoms with E-state index in [1.54, 1.807) is 7.05 Å². The van der Waals surface area contributed by atoms with E-state index in [4.69, 9.17) is 4.74 Å². The maximum absolute atomic E-state index is 12.7. The van der Waals surface area contributed by atoms with Crippen molar-refractivity contribution in [2.75, 3.05) is 64.4 Å². The van der Waals surface area contributed by atoms with Crippen LogP contribution in [0.4, 0.5) is 5.69 Å². The molecule has 1 aromatic carbocycles. The first-order chi connectivity index (χ1) is 15.7. The number of rotatable bonds is 10. The molecule has 1 heterocycles. The third-order valence-electron chi connectivity index (χ3n) is 6.88. The first-order valence-electron chi connectivity index (χ1n) is 12.3. The fraction of sp³-hybridized carbons (Fsp3) is 0.680. The Labute approximate surface area is 216 Å². The summed E-state index contributed by atoms with van der Waals surface area (Å²) < 4.78 is 5.62. The van der Waals surface area contributed by atoms with Crippen LogP contribution in [0.15, 0.2) is 35.3 Å². The van der Waals surface area contributed by atoms with Crippen LogP contribution in [0.3, 0.4) is 0 Å². The molecule has 7 nitrogen and oxygen atoms in total. The van der Waals surface area contributed by atoms with E-state index in [0.29, 0.717) is 18.4 Å². The average Bonchev–Trinajstić information content (AvgIpc) is 3.31. The Hall–Kier alpha value is -1.55. The average molecular weight is 572 g/mol. The number of hydrogen-bond acceptors (Lipinski definition) is 4. The summed E-state index contributed by atoms with van der Waals surface area (Å²) in [6.07, 6.45) is 6.67. The number of nitrogens with zero attached hydrogens (tertiary/aromatic N) is 3. The molecule has 1 saturated carbocycles. The molecule has 0 aromatic heterocycles. The molecule has 186 valence electrons. The third-order valence-corrected chi connectivity index (χ3v) is 6.88. The number of anilines is 1. The van der Waals surface area contributed by atoms with Crippen molar-refractivity contribution >= 4 is 41.5 Å². The summed E-state index contributed by atoms with van der Waals surface area (Å²) in [7, 11) is 1.79. The molecule has 1 aliphatic heterocycles. The highest BCUT2D eigenvalue weighted by Crippen LogP contribution is 2.40. The lowest BCUT2D eigenvalue weighted by atomic mass is 9.83. The second kappa shape index (κ2) is 14.7. The van der Waals surface area contributed by atoms with E-state index in [2.05, 4.69) is 51.7 Å². The molecule has 1 aliphatic carbocycles. The topological polar surface area (TPSA) is 69.2 Å². The van der Waals surface area contributed by atoms with Gasteiger partial charge in [0.25, 0.3) is 0 Å². The number of para-hydroxylation sites is 1. The molecule has 3 rings (SSSR count). The number of guanidine groups is 1. The summed E-state index contributed by atoms with van der Waals surface area (Å²) in [5, 5.41) is 6.84. The molecule has 0 unspecified atom stereocenters. The van der Waals surface area contributed by atoms with Gasteiger partial charge in [-0.3, -0.25) is 9.79 Å². The molecule has 0 atom stereocenters. The summed E-state index contributed by atoms with van der Waals surface area (Å²) in [5.41, 5.74) is 1.54. The molecule has 2 fully saturated rings. The van der Waals surface area contributed by atoms with Crippen LogP contribution in [-0.4, -0.2) is 76.3 Å². The lowest BCUT2D eigenvalue weighted by Crippen LogP contribution is -2.49. The summed E-state index contributed by atoms with van der Waals surface area (Å²) in [5.74, 6) is 0.999. The lowest BCUT2D eigenvalue weighted by Gasteiger charge is -2.36. The fourth-order valence-electron chi connectivity index (χ4n) is 4.86. The van der Waals surface area contributed by atoms with Crippen molar-refractivity contribution in [2.24, 2.45) is 10.4 Å². The van der Waals surface area contributed by atoms with Crippen LogP contribution in [0.1, 0.15) is 45.4 Å². The van der Waals surface area contributed by atoms with E-state index in [0.717, 1.165) is 58.3 Å². The number of piperazine rings is 1. The second-order valence-electron chi connectivity index (χ2n) is 8.96. The van der Waals surface area contributed by atoms with Crippen molar-refractivity contribution in [1.29, 1.82) is 0 Å². The number of halogens is 1. The number of amides is 1. The highest BCUT2D eigenvalue weighted by molar-refractivity contribution is 14.0. The minimum absolute atomic E-state index is 0. The highest BCUT2D eigenvalue weighted by atomic mass is 127. The van der Waals surface area contributed by atoms with Gasteiger partial charge in [0.15, 0.2) is 5.96 Å². The van der Waals surface area contributed by atoms with Crippen LogP contribution < -0.4 is 15.5 Å². The number of ether oxygens (including phenoxy) is 1. The molecule has 1 amide bonds. The fourth-order valence-corrected chi connectivity index (χ4v) is 4.86. The molecule has 0 bridgehead atoms. The van der Waals surface area contributed by atoms with Crippen LogP contribution in [-0.2, 0) is 9.53 Å². The van der Waals surface area contributed by atoms with Gasteiger partial charge in [0.1, 0.15) is 0 Å². The minimum Gasteiger partial charge on any atom is -0.382 e. The number of benzene rings is 1. The summed E-state index contributed by atoms with van der Waals surface area (Å²) in [6.45, 7) is 8.51. The van der Waals surface area contributed by atoms with Crippen LogP contribution in [0.25, 0.3) is 0 Å². The standard InChI is InChI=1S/C25H41N5O2.HI/c1-3-32-20-14-25(12-7-8-13-25)21-28-24(26-2)27-15-11-23(31)30-18-16-29(17-19-30)22-9-5-4-6-10-22;/h4-6,9-10H,3,7-8,11-21H2,1-2H3,(H2,26,27,28);1H. The maximum Gasteiger partial charge on any atom is 0.224 e. The molecule has 0 spiro atoms. The number of carbonyl (C=O) groups is 1. The Kier molecular flexibility index (Phi) is 12.3. The molecule has 1 aromatic rings. The predicted octanol–water partition coefficient (Wildman–Crippen LogP) is 3.50. The summed E-state index contributed by atoms with van der Waals surface area (Å²) in [6, 6.07) is 10.4. The molecule has 2 N–H and O–H groups in total. The van der Waals surface area contributed by atoms with E-state index in [-0.39, 0.29) is 29.9 Å².